The lowest BCUT2D eigenvalue weighted by Gasteiger charge is -2.21. The van der Waals surface area contributed by atoms with E-state index < -0.39 is 12.0 Å². The summed E-state index contributed by atoms with van der Waals surface area (Å²) in [7, 11) is 0. The molecule has 0 bridgehead atoms. The number of hydrogen-bond donors (Lipinski definition) is 3. The number of nitrogens with one attached hydrogen (secondary N) is 1. The summed E-state index contributed by atoms with van der Waals surface area (Å²) in [6.07, 6.45) is 2.80. The SMILES string of the molecule is NC(=O)CCCCNC(=O)N1CCC[C@H]1C(=O)O. The summed E-state index contributed by atoms with van der Waals surface area (Å²) in [4.78, 5) is 34.4. The molecule has 1 fully saturated rings. The second-order valence-corrected chi connectivity index (χ2v) is 4.35. The van der Waals surface area contributed by atoms with Crippen molar-refractivity contribution in [2.45, 2.75) is 38.1 Å². The van der Waals surface area contributed by atoms with Crippen molar-refractivity contribution in [3.63, 3.8) is 0 Å². The summed E-state index contributed by atoms with van der Waals surface area (Å²) in [5.41, 5.74) is 4.99. The molecular formula is C11H19N3O4. The van der Waals surface area contributed by atoms with Gasteiger partial charge in [0, 0.05) is 19.5 Å². The number of carbonyl (C=O) groups excluding carboxylic acids is 2. The molecule has 18 heavy (non-hydrogen) atoms. The number of likely N-dealkylation sites (tertiary alicyclic amines) is 1. The summed E-state index contributed by atoms with van der Waals surface area (Å²) >= 11 is 0. The number of urea groups is 1. The molecule has 0 aromatic rings. The number of carboxylic acids is 1. The molecular weight excluding hydrogens is 238 g/mol. The van der Waals surface area contributed by atoms with Crippen molar-refractivity contribution in [3.05, 3.63) is 0 Å². The normalized spacial score (nSPS) is 18.7. The van der Waals surface area contributed by atoms with E-state index in [2.05, 4.69) is 5.32 Å². The van der Waals surface area contributed by atoms with Crippen LogP contribution in [0.15, 0.2) is 0 Å². The van der Waals surface area contributed by atoms with Crippen molar-refractivity contribution in [3.8, 4) is 0 Å². The minimum absolute atomic E-state index is 0.303. The molecule has 0 aliphatic carbocycles. The Labute approximate surface area is 105 Å². The first-order chi connectivity index (χ1) is 8.52. The predicted molar refractivity (Wildman–Crippen MR) is 63.8 cm³/mol. The number of aliphatic carboxylic acids is 1. The Morgan fingerprint density at radius 3 is 2.67 bits per heavy atom. The maximum absolute atomic E-state index is 11.7. The molecule has 0 spiro atoms. The predicted octanol–water partition coefficient (Wildman–Crippen LogP) is -0.0994. The van der Waals surface area contributed by atoms with Crippen molar-refractivity contribution < 1.29 is 19.5 Å². The van der Waals surface area contributed by atoms with Gasteiger partial charge in [-0.3, -0.25) is 4.79 Å². The van der Waals surface area contributed by atoms with Crippen molar-refractivity contribution in [1.82, 2.24) is 10.2 Å². The van der Waals surface area contributed by atoms with E-state index in [9.17, 15) is 14.4 Å². The van der Waals surface area contributed by atoms with E-state index in [0.29, 0.717) is 45.2 Å². The van der Waals surface area contributed by atoms with Gasteiger partial charge in [-0.2, -0.15) is 0 Å². The van der Waals surface area contributed by atoms with Crippen LogP contribution < -0.4 is 11.1 Å². The van der Waals surface area contributed by atoms with Gasteiger partial charge in [0.15, 0.2) is 0 Å². The van der Waals surface area contributed by atoms with Gasteiger partial charge in [0.25, 0.3) is 0 Å². The Hall–Kier alpha value is -1.79. The van der Waals surface area contributed by atoms with Gasteiger partial charge in [-0.15, -0.1) is 0 Å². The molecule has 7 heteroatoms. The highest BCUT2D eigenvalue weighted by Gasteiger charge is 2.33. The number of nitrogens with two attached hydrogens (primary N) is 1. The molecule has 1 saturated heterocycles. The number of primary amides is 1. The molecule has 1 rings (SSSR count). The highest BCUT2D eigenvalue weighted by molar-refractivity contribution is 5.83. The number of amides is 3. The average Bonchev–Trinajstić information content (AvgIpc) is 2.76. The van der Waals surface area contributed by atoms with Gasteiger partial charge >= 0.3 is 12.0 Å². The van der Waals surface area contributed by atoms with Crippen LogP contribution in [0.25, 0.3) is 0 Å². The van der Waals surface area contributed by atoms with E-state index in [0.717, 1.165) is 0 Å². The van der Waals surface area contributed by atoms with Gasteiger partial charge in [-0.05, 0) is 25.7 Å². The van der Waals surface area contributed by atoms with Crippen LogP contribution in [0.5, 0.6) is 0 Å². The third kappa shape index (κ3) is 4.23. The summed E-state index contributed by atoms with van der Waals surface area (Å²) in [5, 5.41) is 11.6. The summed E-state index contributed by atoms with van der Waals surface area (Å²) in [6, 6.07) is -1.06. The summed E-state index contributed by atoms with van der Waals surface area (Å²) in [5.74, 6) is -1.32. The van der Waals surface area contributed by atoms with Crippen LogP contribution in [0.2, 0.25) is 0 Å². The lowest BCUT2D eigenvalue weighted by atomic mass is 10.2. The van der Waals surface area contributed by atoms with Crippen LogP contribution in [0, 0.1) is 0 Å². The zero-order chi connectivity index (χ0) is 13.5. The fourth-order valence-electron chi connectivity index (χ4n) is 1.99. The topological polar surface area (TPSA) is 113 Å². The van der Waals surface area contributed by atoms with Crippen molar-refractivity contribution >= 4 is 17.9 Å². The molecule has 0 aromatic carbocycles. The van der Waals surface area contributed by atoms with Gasteiger partial charge in [-0.1, -0.05) is 0 Å². The molecule has 1 heterocycles. The molecule has 0 saturated carbocycles. The van der Waals surface area contributed by atoms with E-state index in [1.54, 1.807) is 0 Å². The van der Waals surface area contributed by atoms with Crippen LogP contribution in [-0.2, 0) is 9.59 Å². The summed E-state index contributed by atoms with van der Waals surface area (Å²) < 4.78 is 0. The third-order valence-corrected chi connectivity index (χ3v) is 2.92. The Morgan fingerprint density at radius 2 is 2.06 bits per heavy atom. The quantitative estimate of drug-likeness (QED) is 0.577. The molecule has 0 radical (unpaired) electrons. The van der Waals surface area contributed by atoms with Crippen molar-refractivity contribution in [1.29, 1.82) is 0 Å². The van der Waals surface area contributed by atoms with E-state index >= 15 is 0 Å². The fourth-order valence-corrected chi connectivity index (χ4v) is 1.99. The first-order valence-electron chi connectivity index (χ1n) is 6.08. The van der Waals surface area contributed by atoms with Crippen LogP contribution in [0.3, 0.4) is 0 Å². The minimum Gasteiger partial charge on any atom is -0.480 e. The van der Waals surface area contributed by atoms with Gasteiger partial charge in [0.2, 0.25) is 5.91 Å². The highest BCUT2D eigenvalue weighted by Crippen LogP contribution is 2.17. The molecule has 7 nitrogen and oxygen atoms in total. The Bertz CT molecular complexity index is 332. The third-order valence-electron chi connectivity index (χ3n) is 2.92. The number of unbranched alkanes of at least 4 members (excludes halogenated alkanes) is 1. The van der Waals surface area contributed by atoms with Crippen LogP contribution >= 0.6 is 0 Å². The zero-order valence-corrected chi connectivity index (χ0v) is 10.2. The second kappa shape index (κ2) is 6.83. The number of carbonyl (C=O) groups is 3. The lowest BCUT2D eigenvalue weighted by molar-refractivity contribution is -0.141. The molecule has 0 unspecified atom stereocenters. The van der Waals surface area contributed by atoms with Crippen molar-refractivity contribution in [2.75, 3.05) is 13.1 Å². The summed E-state index contributed by atoms with van der Waals surface area (Å²) in [6.45, 7) is 0.902. The van der Waals surface area contributed by atoms with E-state index in [-0.39, 0.29) is 11.9 Å². The molecule has 1 aliphatic rings. The molecule has 4 N–H and O–H groups in total. The maximum Gasteiger partial charge on any atom is 0.326 e. The van der Waals surface area contributed by atoms with E-state index in [4.69, 9.17) is 10.8 Å². The first-order valence-corrected chi connectivity index (χ1v) is 6.08. The smallest absolute Gasteiger partial charge is 0.326 e. The number of hydrogen-bond acceptors (Lipinski definition) is 3. The molecule has 102 valence electrons. The van der Waals surface area contributed by atoms with E-state index in [1.165, 1.54) is 4.90 Å². The van der Waals surface area contributed by atoms with Gasteiger partial charge < -0.3 is 21.1 Å². The van der Waals surface area contributed by atoms with E-state index in [1.807, 2.05) is 0 Å². The number of rotatable bonds is 6. The standard InChI is InChI=1S/C11H19N3O4/c12-9(15)5-1-2-6-13-11(18)14-7-3-4-8(14)10(16)17/h8H,1-7H2,(H2,12,15)(H,13,18)(H,16,17)/t8-/m0/s1. The fraction of sp³-hybridized carbons (Fsp3) is 0.727. The van der Waals surface area contributed by atoms with Crippen molar-refractivity contribution in [2.24, 2.45) is 5.73 Å². The van der Waals surface area contributed by atoms with Crippen LogP contribution in [-0.4, -0.2) is 47.0 Å². The minimum atomic E-state index is -0.962. The largest absolute Gasteiger partial charge is 0.480 e. The highest BCUT2D eigenvalue weighted by atomic mass is 16.4. The second-order valence-electron chi connectivity index (χ2n) is 4.35. The molecule has 1 atom stereocenters. The van der Waals surface area contributed by atoms with Crippen LogP contribution in [0.4, 0.5) is 4.79 Å². The zero-order valence-electron chi connectivity index (χ0n) is 10.2. The van der Waals surface area contributed by atoms with Gasteiger partial charge in [0.1, 0.15) is 6.04 Å². The van der Waals surface area contributed by atoms with Gasteiger partial charge in [0.05, 0.1) is 0 Å². The molecule has 3 amide bonds. The Balaban J connectivity index is 2.24. The Kier molecular flexibility index (Phi) is 5.41. The van der Waals surface area contributed by atoms with Gasteiger partial charge in [-0.25, -0.2) is 9.59 Å². The monoisotopic (exact) mass is 257 g/mol. The lowest BCUT2D eigenvalue weighted by Crippen LogP contribution is -2.46. The molecule has 1 aliphatic heterocycles. The average molecular weight is 257 g/mol. The first kappa shape index (κ1) is 14.3. The molecule has 0 aromatic heterocycles. The van der Waals surface area contributed by atoms with Crippen LogP contribution in [0.1, 0.15) is 32.1 Å². The maximum atomic E-state index is 11.7. The Morgan fingerprint density at radius 1 is 1.33 bits per heavy atom. The number of carboxylic acid groups (broad SMARTS) is 1. The number of nitrogens with zero attached hydrogens (tertiary/aromatic N) is 1.